The van der Waals surface area contributed by atoms with Gasteiger partial charge in [0.15, 0.2) is 0 Å². The zero-order chi connectivity index (χ0) is 13.7. The quantitative estimate of drug-likeness (QED) is 0.894. The smallest absolute Gasteiger partial charge is 0.227 e. The third-order valence-electron chi connectivity index (χ3n) is 3.53. The van der Waals surface area contributed by atoms with Gasteiger partial charge in [-0.3, -0.25) is 4.79 Å². The van der Waals surface area contributed by atoms with Crippen molar-refractivity contribution in [2.24, 2.45) is 0 Å². The number of para-hydroxylation sites is 1. The highest BCUT2D eigenvalue weighted by molar-refractivity contribution is 5.79. The molecule has 1 aromatic carbocycles. The van der Waals surface area contributed by atoms with E-state index in [9.17, 15) is 4.79 Å². The normalized spacial score (nSPS) is 16.0. The van der Waals surface area contributed by atoms with Gasteiger partial charge in [0.1, 0.15) is 5.75 Å². The lowest BCUT2D eigenvalue weighted by atomic mass is 10.1. The number of hydrogen-bond acceptors (Lipinski definition) is 3. The second-order valence-electron chi connectivity index (χ2n) is 4.93. The van der Waals surface area contributed by atoms with Crippen molar-refractivity contribution in [2.75, 3.05) is 33.3 Å². The Balaban J connectivity index is 2.07. The van der Waals surface area contributed by atoms with Gasteiger partial charge in [-0.05, 0) is 25.5 Å². The molecule has 0 aliphatic carbocycles. The Morgan fingerprint density at radius 1 is 1.37 bits per heavy atom. The van der Waals surface area contributed by atoms with Gasteiger partial charge < -0.3 is 15.0 Å². The molecule has 0 atom stereocenters. The Kier molecular flexibility index (Phi) is 4.80. The Morgan fingerprint density at radius 2 is 2.21 bits per heavy atom. The van der Waals surface area contributed by atoms with Gasteiger partial charge in [-0.15, -0.1) is 0 Å². The molecule has 1 aliphatic rings. The van der Waals surface area contributed by atoms with Crippen LogP contribution in [0.5, 0.6) is 5.75 Å². The molecule has 0 radical (unpaired) electrons. The third kappa shape index (κ3) is 3.47. The molecule has 0 unspecified atom stereocenters. The first-order valence-corrected chi connectivity index (χ1v) is 6.83. The number of ether oxygens (including phenoxy) is 1. The fourth-order valence-corrected chi connectivity index (χ4v) is 2.51. The molecule has 4 nitrogen and oxygen atoms in total. The van der Waals surface area contributed by atoms with Gasteiger partial charge in [-0.25, -0.2) is 0 Å². The zero-order valence-corrected chi connectivity index (χ0v) is 11.7. The second kappa shape index (κ2) is 6.57. The summed E-state index contributed by atoms with van der Waals surface area (Å²) in [4.78, 5) is 14.3. The van der Waals surface area contributed by atoms with E-state index < -0.39 is 0 Å². The number of nitrogens with one attached hydrogen (secondary N) is 1. The van der Waals surface area contributed by atoms with E-state index in [0.717, 1.165) is 49.5 Å². The van der Waals surface area contributed by atoms with Crippen molar-refractivity contribution in [2.45, 2.75) is 19.8 Å². The standard InChI is InChI=1S/C15H22N2O2/c1-12-5-3-6-13(15(12)19-2)11-14(18)17-9-4-7-16-8-10-17/h3,5-6,16H,4,7-11H2,1-2H3. The maximum Gasteiger partial charge on any atom is 0.227 e. The van der Waals surface area contributed by atoms with Crippen LogP contribution < -0.4 is 10.1 Å². The Bertz CT molecular complexity index is 438. The predicted molar refractivity (Wildman–Crippen MR) is 75.5 cm³/mol. The number of amides is 1. The summed E-state index contributed by atoms with van der Waals surface area (Å²) in [5.41, 5.74) is 2.05. The maximum atomic E-state index is 12.3. The first-order valence-electron chi connectivity index (χ1n) is 6.83. The van der Waals surface area contributed by atoms with Gasteiger partial charge in [-0.2, -0.15) is 0 Å². The Morgan fingerprint density at radius 3 is 3.00 bits per heavy atom. The number of rotatable bonds is 3. The van der Waals surface area contributed by atoms with Crippen LogP contribution in [0.15, 0.2) is 18.2 Å². The molecule has 2 rings (SSSR count). The van der Waals surface area contributed by atoms with Gasteiger partial charge >= 0.3 is 0 Å². The molecule has 104 valence electrons. The molecule has 0 spiro atoms. The third-order valence-corrected chi connectivity index (χ3v) is 3.53. The van der Waals surface area contributed by atoms with Gasteiger partial charge in [0.25, 0.3) is 0 Å². The summed E-state index contributed by atoms with van der Waals surface area (Å²) in [6.07, 6.45) is 1.45. The average Bonchev–Trinajstić information content (AvgIpc) is 2.68. The Hall–Kier alpha value is -1.55. The highest BCUT2D eigenvalue weighted by atomic mass is 16.5. The van der Waals surface area contributed by atoms with E-state index in [-0.39, 0.29) is 5.91 Å². The summed E-state index contributed by atoms with van der Waals surface area (Å²) < 4.78 is 5.41. The van der Waals surface area contributed by atoms with Crippen LogP contribution in [0.2, 0.25) is 0 Å². The molecule has 1 fully saturated rings. The van der Waals surface area contributed by atoms with E-state index in [0.29, 0.717) is 6.42 Å². The van der Waals surface area contributed by atoms with Crippen molar-refractivity contribution in [3.05, 3.63) is 29.3 Å². The summed E-state index contributed by atoms with van der Waals surface area (Å²) in [6.45, 7) is 5.53. The van der Waals surface area contributed by atoms with Crippen LogP contribution in [0.4, 0.5) is 0 Å². The molecular weight excluding hydrogens is 240 g/mol. The second-order valence-corrected chi connectivity index (χ2v) is 4.93. The lowest BCUT2D eigenvalue weighted by molar-refractivity contribution is -0.130. The summed E-state index contributed by atoms with van der Waals surface area (Å²) in [7, 11) is 1.66. The number of hydrogen-bond donors (Lipinski definition) is 1. The minimum atomic E-state index is 0.188. The molecule has 19 heavy (non-hydrogen) atoms. The van der Waals surface area contributed by atoms with Crippen LogP contribution in [0, 0.1) is 6.92 Å². The number of methoxy groups -OCH3 is 1. The van der Waals surface area contributed by atoms with Gasteiger partial charge in [0.2, 0.25) is 5.91 Å². The van der Waals surface area contributed by atoms with Crippen LogP contribution in [-0.2, 0) is 11.2 Å². The van der Waals surface area contributed by atoms with E-state index in [1.54, 1.807) is 7.11 Å². The largest absolute Gasteiger partial charge is 0.496 e. The van der Waals surface area contributed by atoms with E-state index in [4.69, 9.17) is 4.74 Å². The zero-order valence-electron chi connectivity index (χ0n) is 11.7. The molecule has 0 bridgehead atoms. The summed E-state index contributed by atoms with van der Waals surface area (Å²) in [6, 6.07) is 5.95. The molecule has 1 aliphatic heterocycles. The number of carbonyl (C=O) groups excluding carboxylic acids is 1. The first-order chi connectivity index (χ1) is 9.22. The van der Waals surface area contributed by atoms with Crippen LogP contribution in [0.25, 0.3) is 0 Å². The van der Waals surface area contributed by atoms with Gasteiger partial charge in [0.05, 0.1) is 13.5 Å². The lowest BCUT2D eigenvalue weighted by Crippen LogP contribution is -2.35. The van der Waals surface area contributed by atoms with Crippen LogP contribution in [0.3, 0.4) is 0 Å². The molecule has 1 aromatic rings. The van der Waals surface area contributed by atoms with Gasteiger partial charge in [-0.1, -0.05) is 18.2 Å². The number of benzene rings is 1. The number of carbonyl (C=O) groups is 1. The summed E-state index contributed by atoms with van der Waals surface area (Å²) >= 11 is 0. The van der Waals surface area contributed by atoms with Crippen molar-refractivity contribution in [3.63, 3.8) is 0 Å². The summed E-state index contributed by atoms with van der Waals surface area (Å²) in [5, 5.41) is 3.31. The topological polar surface area (TPSA) is 41.6 Å². The molecule has 1 N–H and O–H groups in total. The van der Waals surface area contributed by atoms with Crippen LogP contribution in [0.1, 0.15) is 17.5 Å². The molecule has 1 amide bonds. The number of nitrogens with zero attached hydrogens (tertiary/aromatic N) is 1. The SMILES string of the molecule is COc1c(C)cccc1CC(=O)N1CCCNCC1. The van der Waals surface area contributed by atoms with Gasteiger partial charge in [0, 0.05) is 25.2 Å². The lowest BCUT2D eigenvalue weighted by Gasteiger charge is -2.21. The molecule has 4 heteroatoms. The van der Waals surface area contributed by atoms with E-state index in [1.807, 2.05) is 30.0 Å². The van der Waals surface area contributed by atoms with Crippen molar-refractivity contribution in [1.29, 1.82) is 0 Å². The minimum Gasteiger partial charge on any atom is -0.496 e. The van der Waals surface area contributed by atoms with Crippen LogP contribution >= 0.6 is 0 Å². The average molecular weight is 262 g/mol. The molecule has 1 saturated heterocycles. The van der Waals surface area contributed by atoms with Crippen molar-refractivity contribution in [1.82, 2.24) is 10.2 Å². The molecule has 1 heterocycles. The molecule has 0 saturated carbocycles. The monoisotopic (exact) mass is 262 g/mol. The maximum absolute atomic E-state index is 12.3. The molecule has 0 aromatic heterocycles. The fraction of sp³-hybridized carbons (Fsp3) is 0.533. The van der Waals surface area contributed by atoms with E-state index in [2.05, 4.69) is 5.32 Å². The van der Waals surface area contributed by atoms with Crippen molar-refractivity contribution >= 4 is 5.91 Å². The molecular formula is C15H22N2O2. The van der Waals surface area contributed by atoms with E-state index >= 15 is 0 Å². The van der Waals surface area contributed by atoms with Crippen molar-refractivity contribution in [3.8, 4) is 5.75 Å². The highest BCUT2D eigenvalue weighted by Gasteiger charge is 2.17. The number of aryl methyl sites for hydroxylation is 1. The minimum absolute atomic E-state index is 0.188. The highest BCUT2D eigenvalue weighted by Crippen LogP contribution is 2.23. The van der Waals surface area contributed by atoms with Crippen LogP contribution in [-0.4, -0.2) is 44.1 Å². The van der Waals surface area contributed by atoms with Crippen molar-refractivity contribution < 1.29 is 9.53 Å². The Labute approximate surface area is 114 Å². The van der Waals surface area contributed by atoms with E-state index in [1.165, 1.54) is 0 Å². The predicted octanol–water partition coefficient (Wildman–Crippen LogP) is 1.37. The first kappa shape index (κ1) is 13.9. The summed E-state index contributed by atoms with van der Waals surface area (Å²) in [5.74, 6) is 1.02. The fourth-order valence-electron chi connectivity index (χ4n) is 2.51.